The van der Waals surface area contributed by atoms with Gasteiger partial charge in [0.2, 0.25) is 0 Å². The number of hydrogen-bond acceptors (Lipinski definition) is 3. The largest absolute Gasteiger partial charge is 0.468 e. The molecule has 0 aliphatic rings. The lowest BCUT2D eigenvalue weighted by molar-refractivity contribution is -0.148. The molecular weight excluding hydrogens is 226 g/mol. The molecule has 0 spiro atoms. The first-order valence-electron chi connectivity index (χ1n) is 6.39. The van der Waals surface area contributed by atoms with Crippen LogP contribution in [0.15, 0.2) is 30.3 Å². The van der Waals surface area contributed by atoms with E-state index in [1.807, 2.05) is 30.3 Å². The van der Waals surface area contributed by atoms with Gasteiger partial charge in [0.1, 0.15) is 5.54 Å². The van der Waals surface area contributed by atoms with Gasteiger partial charge in [-0.15, -0.1) is 0 Å². The van der Waals surface area contributed by atoms with E-state index in [2.05, 4.69) is 13.8 Å². The lowest BCUT2D eigenvalue weighted by atomic mass is 9.84. The lowest BCUT2D eigenvalue weighted by Gasteiger charge is -2.28. The number of carbonyl (C=O) groups is 1. The maximum Gasteiger partial charge on any atom is 0.325 e. The molecule has 0 saturated carbocycles. The Hall–Kier alpha value is -1.35. The van der Waals surface area contributed by atoms with Crippen LogP contribution in [0.4, 0.5) is 0 Å². The van der Waals surface area contributed by atoms with Crippen molar-refractivity contribution in [3.05, 3.63) is 35.9 Å². The molecule has 2 N–H and O–H groups in total. The van der Waals surface area contributed by atoms with Crippen molar-refractivity contribution in [2.75, 3.05) is 7.11 Å². The number of benzene rings is 1. The second kappa shape index (κ2) is 6.55. The molecule has 0 aliphatic heterocycles. The van der Waals surface area contributed by atoms with Crippen molar-refractivity contribution in [2.24, 2.45) is 11.7 Å². The number of methoxy groups -OCH3 is 1. The van der Waals surface area contributed by atoms with Gasteiger partial charge in [-0.1, -0.05) is 44.2 Å². The Morgan fingerprint density at radius 1 is 1.33 bits per heavy atom. The molecule has 1 aromatic rings. The molecular formula is C15H23NO2. The minimum absolute atomic E-state index is 0.313. The molecule has 1 atom stereocenters. The molecule has 0 bridgehead atoms. The molecule has 100 valence electrons. The topological polar surface area (TPSA) is 52.3 Å². The van der Waals surface area contributed by atoms with E-state index in [1.54, 1.807) is 0 Å². The summed E-state index contributed by atoms with van der Waals surface area (Å²) in [6, 6.07) is 10.1. The van der Waals surface area contributed by atoms with Gasteiger partial charge in [0.15, 0.2) is 0 Å². The van der Waals surface area contributed by atoms with Crippen molar-refractivity contribution >= 4 is 5.97 Å². The Kier molecular flexibility index (Phi) is 5.35. The second-order valence-corrected chi connectivity index (χ2v) is 5.23. The molecule has 0 aliphatic carbocycles. The van der Waals surface area contributed by atoms with Crippen LogP contribution in [-0.2, 0) is 16.0 Å². The Balaban J connectivity index is 2.70. The van der Waals surface area contributed by atoms with Gasteiger partial charge in [-0.05, 0) is 30.7 Å². The molecule has 0 saturated heterocycles. The number of hydrogen-bond donors (Lipinski definition) is 1. The van der Waals surface area contributed by atoms with Crippen molar-refractivity contribution in [3.63, 3.8) is 0 Å². The number of nitrogens with two attached hydrogens (primary N) is 1. The Morgan fingerprint density at radius 2 is 1.94 bits per heavy atom. The molecule has 0 aromatic heterocycles. The molecule has 0 amide bonds. The molecule has 0 radical (unpaired) electrons. The summed E-state index contributed by atoms with van der Waals surface area (Å²) >= 11 is 0. The highest BCUT2D eigenvalue weighted by Crippen LogP contribution is 2.22. The van der Waals surface area contributed by atoms with E-state index >= 15 is 0 Å². The van der Waals surface area contributed by atoms with Crippen LogP contribution in [0, 0.1) is 5.92 Å². The monoisotopic (exact) mass is 249 g/mol. The van der Waals surface area contributed by atoms with Gasteiger partial charge in [-0.2, -0.15) is 0 Å². The smallest absolute Gasteiger partial charge is 0.325 e. The third-order valence-electron chi connectivity index (χ3n) is 3.07. The van der Waals surface area contributed by atoms with Gasteiger partial charge in [0.25, 0.3) is 0 Å². The first kappa shape index (κ1) is 14.7. The van der Waals surface area contributed by atoms with Crippen LogP contribution >= 0.6 is 0 Å². The molecule has 3 heteroatoms. The molecule has 1 rings (SSSR count). The Morgan fingerprint density at radius 3 is 2.44 bits per heavy atom. The van der Waals surface area contributed by atoms with Crippen LogP contribution in [0.2, 0.25) is 0 Å². The first-order chi connectivity index (χ1) is 8.48. The fourth-order valence-corrected chi connectivity index (χ4v) is 2.23. The van der Waals surface area contributed by atoms with Crippen molar-refractivity contribution in [3.8, 4) is 0 Å². The summed E-state index contributed by atoms with van der Waals surface area (Å²) in [5, 5.41) is 0. The Bertz CT molecular complexity index is 375. The van der Waals surface area contributed by atoms with E-state index in [0.29, 0.717) is 18.8 Å². The van der Waals surface area contributed by atoms with E-state index in [1.165, 1.54) is 12.7 Å². The van der Waals surface area contributed by atoms with E-state index in [-0.39, 0.29) is 5.97 Å². The zero-order chi connectivity index (χ0) is 13.6. The van der Waals surface area contributed by atoms with E-state index in [0.717, 1.165) is 6.42 Å². The third-order valence-corrected chi connectivity index (χ3v) is 3.07. The van der Waals surface area contributed by atoms with Crippen LogP contribution < -0.4 is 5.73 Å². The first-order valence-corrected chi connectivity index (χ1v) is 6.39. The number of esters is 1. The summed E-state index contributed by atoms with van der Waals surface area (Å²) in [5.41, 5.74) is 6.54. The minimum atomic E-state index is -0.876. The highest BCUT2D eigenvalue weighted by Gasteiger charge is 2.35. The summed E-state index contributed by atoms with van der Waals surface area (Å²) in [5.74, 6) is 0.0528. The summed E-state index contributed by atoms with van der Waals surface area (Å²) in [4.78, 5) is 11.8. The van der Waals surface area contributed by atoms with Gasteiger partial charge < -0.3 is 10.5 Å². The summed E-state index contributed by atoms with van der Waals surface area (Å²) < 4.78 is 4.84. The highest BCUT2D eigenvalue weighted by atomic mass is 16.5. The van der Waals surface area contributed by atoms with Gasteiger partial charge >= 0.3 is 5.97 Å². The van der Waals surface area contributed by atoms with E-state index < -0.39 is 5.54 Å². The maximum atomic E-state index is 11.8. The maximum absolute atomic E-state index is 11.8. The number of aryl methyl sites for hydroxylation is 1. The van der Waals surface area contributed by atoms with Crippen LogP contribution in [-0.4, -0.2) is 18.6 Å². The molecule has 3 nitrogen and oxygen atoms in total. The highest BCUT2D eigenvalue weighted by molar-refractivity contribution is 5.80. The molecule has 0 fully saturated rings. The van der Waals surface area contributed by atoms with Crippen molar-refractivity contribution in [1.29, 1.82) is 0 Å². The normalized spacial score (nSPS) is 14.3. The number of carbonyl (C=O) groups excluding carboxylic acids is 1. The van der Waals surface area contributed by atoms with Crippen molar-refractivity contribution < 1.29 is 9.53 Å². The van der Waals surface area contributed by atoms with Gasteiger partial charge in [0.05, 0.1) is 7.11 Å². The van der Waals surface area contributed by atoms with E-state index in [4.69, 9.17) is 10.5 Å². The number of rotatable bonds is 6. The van der Waals surface area contributed by atoms with Crippen molar-refractivity contribution in [2.45, 2.75) is 38.6 Å². The van der Waals surface area contributed by atoms with Crippen LogP contribution in [0.25, 0.3) is 0 Å². The van der Waals surface area contributed by atoms with Gasteiger partial charge in [0, 0.05) is 0 Å². The van der Waals surface area contributed by atoms with Gasteiger partial charge in [-0.25, -0.2) is 0 Å². The number of ether oxygens (including phenoxy) is 1. The van der Waals surface area contributed by atoms with Crippen LogP contribution in [0.1, 0.15) is 32.3 Å². The average molecular weight is 249 g/mol. The molecule has 1 unspecified atom stereocenters. The van der Waals surface area contributed by atoms with Crippen LogP contribution in [0.3, 0.4) is 0 Å². The second-order valence-electron chi connectivity index (χ2n) is 5.23. The summed E-state index contributed by atoms with van der Waals surface area (Å²) in [6.07, 6.45) is 2.05. The summed E-state index contributed by atoms with van der Waals surface area (Å²) in [6.45, 7) is 4.13. The predicted octanol–water partition coefficient (Wildman–Crippen LogP) is 2.54. The van der Waals surface area contributed by atoms with Crippen LogP contribution in [0.5, 0.6) is 0 Å². The molecule has 0 heterocycles. The average Bonchev–Trinajstić information content (AvgIpc) is 2.36. The fraction of sp³-hybridized carbons (Fsp3) is 0.533. The Labute approximate surface area is 109 Å². The van der Waals surface area contributed by atoms with Gasteiger partial charge in [-0.3, -0.25) is 4.79 Å². The standard InChI is InChI=1S/C15H23NO2/c1-12(2)11-15(16,14(17)18-3)10-9-13-7-5-4-6-8-13/h4-8,12H,9-11,16H2,1-3H3. The SMILES string of the molecule is COC(=O)C(N)(CCc1ccccc1)CC(C)C. The molecule has 18 heavy (non-hydrogen) atoms. The zero-order valence-corrected chi connectivity index (χ0v) is 11.5. The fourth-order valence-electron chi connectivity index (χ4n) is 2.23. The van der Waals surface area contributed by atoms with Crippen molar-refractivity contribution in [1.82, 2.24) is 0 Å². The predicted molar refractivity (Wildman–Crippen MR) is 73.2 cm³/mol. The minimum Gasteiger partial charge on any atom is -0.468 e. The van der Waals surface area contributed by atoms with E-state index in [9.17, 15) is 4.79 Å². The lowest BCUT2D eigenvalue weighted by Crippen LogP contribution is -2.50. The quantitative estimate of drug-likeness (QED) is 0.788. The zero-order valence-electron chi connectivity index (χ0n) is 11.5. The third kappa shape index (κ3) is 4.15. The molecule has 1 aromatic carbocycles. The summed E-state index contributed by atoms with van der Waals surface area (Å²) in [7, 11) is 1.40.